The van der Waals surface area contributed by atoms with Crippen LogP contribution in [-0.4, -0.2) is 28.5 Å². The third-order valence-electron chi connectivity index (χ3n) is 3.70. The second-order valence-corrected chi connectivity index (χ2v) is 5.97. The maximum Gasteiger partial charge on any atom is 0.242 e. The monoisotopic (exact) mass is 334 g/mol. The van der Waals surface area contributed by atoms with Crippen LogP contribution in [-0.2, 0) is 11.3 Å². The summed E-state index contributed by atoms with van der Waals surface area (Å²) in [5, 5.41) is 0.635. The number of carbonyl (C=O) groups is 1. The minimum absolute atomic E-state index is 0.0221. The number of pyridine rings is 1. The van der Waals surface area contributed by atoms with Crippen molar-refractivity contribution in [1.82, 2.24) is 9.47 Å². The van der Waals surface area contributed by atoms with Crippen LogP contribution in [0.4, 0.5) is 0 Å². The second-order valence-electron chi connectivity index (χ2n) is 5.06. The predicted octanol–water partition coefficient (Wildman–Crippen LogP) is 2.39. The summed E-state index contributed by atoms with van der Waals surface area (Å²) in [5.74, 6) is 0.121. The van der Waals surface area contributed by atoms with E-state index < -0.39 is 0 Å². The normalized spacial score (nSPS) is 14.9. The number of amides is 1. The van der Waals surface area contributed by atoms with Gasteiger partial charge >= 0.3 is 0 Å². The van der Waals surface area contributed by atoms with Crippen LogP contribution < -0.4 is 5.43 Å². The van der Waals surface area contributed by atoms with Gasteiger partial charge in [0, 0.05) is 35.2 Å². The first-order valence-corrected chi connectivity index (χ1v) is 7.51. The van der Waals surface area contributed by atoms with Gasteiger partial charge in [-0.15, -0.1) is 0 Å². The van der Waals surface area contributed by atoms with Gasteiger partial charge in [0.2, 0.25) is 5.91 Å². The maximum absolute atomic E-state index is 12.2. The van der Waals surface area contributed by atoms with Crippen molar-refractivity contribution in [2.45, 2.75) is 19.4 Å². The zero-order chi connectivity index (χ0) is 14.1. The van der Waals surface area contributed by atoms with E-state index in [0.717, 1.165) is 35.9 Å². The van der Waals surface area contributed by atoms with Gasteiger partial charge in [0.05, 0.1) is 5.52 Å². The number of benzene rings is 1. The van der Waals surface area contributed by atoms with Crippen molar-refractivity contribution >= 4 is 32.7 Å². The molecule has 3 rings (SSSR count). The van der Waals surface area contributed by atoms with E-state index in [2.05, 4.69) is 15.9 Å². The van der Waals surface area contributed by atoms with Crippen LogP contribution >= 0.6 is 15.9 Å². The van der Waals surface area contributed by atoms with Crippen LogP contribution in [0.1, 0.15) is 12.8 Å². The van der Waals surface area contributed by atoms with Crippen LogP contribution in [0.15, 0.2) is 39.7 Å². The largest absolute Gasteiger partial charge is 0.341 e. The number of hydrogen-bond acceptors (Lipinski definition) is 2. The molecule has 0 atom stereocenters. The third kappa shape index (κ3) is 2.50. The molecule has 1 aliphatic rings. The van der Waals surface area contributed by atoms with Crippen LogP contribution in [0.5, 0.6) is 0 Å². The van der Waals surface area contributed by atoms with Crippen molar-refractivity contribution < 1.29 is 4.79 Å². The van der Waals surface area contributed by atoms with E-state index in [1.807, 2.05) is 21.6 Å². The molecule has 104 valence electrons. The molecule has 0 saturated carbocycles. The lowest BCUT2D eigenvalue weighted by Gasteiger charge is -2.17. The Hall–Kier alpha value is -1.62. The predicted molar refractivity (Wildman–Crippen MR) is 81.7 cm³/mol. The minimum Gasteiger partial charge on any atom is -0.341 e. The van der Waals surface area contributed by atoms with Crippen molar-refractivity contribution in [3.63, 3.8) is 0 Å². The first-order valence-electron chi connectivity index (χ1n) is 6.71. The van der Waals surface area contributed by atoms with E-state index in [0.29, 0.717) is 11.9 Å². The van der Waals surface area contributed by atoms with Gasteiger partial charge in [0.25, 0.3) is 0 Å². The number of fused-ring (bicyclic) bond motifs is 1. The lowest BCUT2D eigenvalue weighted by molar-refractivity contribution is -0.130. The molecule has 0 unspecified atom stereocenters. The number of halogens is 1. The molecule has 0 aliphatic carbocycles. The van der Waals surface area contributed by atoms with E-state index in [1.54, 1.807) is 12.3 Å². The molecule has 0 N–H and O–H groups in total. The number of nitrogens with zero attached hydrogens (tertiary/aromatic N) is 2. The van der Waals surface area contributed by atoms with Crippen molar-refractivity contribution in [1.29, 1.82) is 0 Å². The number of rotatable bonds is 2. The highest BCUT2D eigenvalue weighted by Crippen LogP contribution is 2.17. The summed E-state index contributed by atoms with van der Waals surface area (Å²) < 4.78 is 2.72. The summed E-state index contributed by atoms with van der Waals surface area (Å²) in [4.78, 5) is 26.0. The summed E-state index contributed by atoms with van der Waals surface area (Å²) in [5.41, 5.74) is 0.777. The molecule has 0 bridgehead atoms. The first-order chi connectivity index (χ1) is 9.65. The van der Waals surface area contributed by atoms with Crippen molar-refractivity contribution in [2.75, 3.05) is 13.1 Å². The van der Waals surface area contributed by atoms with Crippen LogP contribution in [0.2, 0.25) is 0 Å². The van der Waals surface area contributed by atoms with E-state index >= 15 is 0 Å². The number of carbonyl (C=O) groups excluding carboxylic acids is 1. The Morgan fingerprint density at radius 2 is 1.95 bits per heavy atom. The van der Waals surface area contributed by atoms with Gasteiger partial charge < -0.3 is 9.47 Å². The van der Waals surface area contributed by atoms with Crippen molar-refractivity contribution in [3.8, 4) is 0 Å². The van der Waals surface area contributed by atoms with E-state index in [1.165, 1.54) is 6.07 Å². The van der Waals surface area contributed by atoms with E-state index in [4.69, 9.17) is 0 Å². The highest BCUT2D eigenvalue weighted by Gasteiger charge is 2.18. The Bertz CT molecular complexity index is 717. The Labute approximate surface area is 125 Å². The molecular formula is C15H15BrN2O2. The maximum atomic E-state index is 12.2. The summed E-state index contributed by atoms with van der Waals surface area (Å²) in [7, 11) is 0. The molecule has 1 saturated heterocycles. The number of hydrogen-bond donors (Lipinski definition) is 0. The van der Waals surface area contributed by atoms with Crippen molar-refractivity contribution in [2.24, 2.45) is 0 Å². The molecule has 1 aromatic carbocycles. The molecule has 1 amide bonds. The number of likely N-dealkylation sites (tertiary alicyclic amines) is 1. The highest BCUT2D eigenvalue weighted by molar-refractivity contribution is 9.10. The summed E-state index contributed by atoms with van der Waals surface area (Å²) in [6.07, 6.45) is 3.87. The average molecular weight is 335 g/mol. The van der Waals surface area contributed by atoms with Gasteiger partial charge in [-0.1, -0.05) is 15.9 Å². The molecule has 2 aromatic rings. The molecular weight excluding hydrogens is 320 g/mol. The van der Waals surface area contributed by atoms with Gasteiger partial charge in [0.1, 0.15) is 6.54 Å². The van der Waals surface area contributed by atoms with Gasteiger partial charge in [-0.2, -0.15) is 0 Å². The zero-order valence-corrected chi connectivity index (χ0v) is 12.6. The number of aromatic nitrogens is 1. The fourth-order valence-electron chi connectivity index (χ4n) is 2.63. The van der Waals surface area contributed by atoms with Gasteiger partial charge in [-0.3, -0.25) is 9.59 Å². The van der Waals surface area contributed by atoms with Gasteiger partial charge in [-0.25, -0.2) is 0 Å². The standard InChI is InChI=1S/C15H15BrN2O2/c16-11-3-4-13-12(9-11)14(19)5-8-18(13)10-15(20)17-6-1-2-7-17/h3-5,8-9H,1-2,6-7,10H2. The van der Waals surface area contributed by atoms with Crippen LogP contribution in [0, 0.1) is 0 Å². The SMILES string of the molecule is O=C(Cn1ccc(=O)c2cc(Br)ccc21)N1CCCC1. The fourth-order valence-corrected chi connectivity index (χ4v) is 3.00. The lowest BCUT2D eigenvalue weighted by Crippen LogP contribution is -2.31. The molecule has 0 spiro atoms. The first kappa shape index (κ1) is 13.4. The van der Waals surface area contributed by atoms with Crippen LogP contribution in [0.3, 0.4) is 0 Å². The Kier molecular flexibility index (Phi) is 3.61. The Morgan fingerprint density at radius 3 is 2.70 bits per heavy atom. The lowest BCUT2D eigenvalue weighted by atomic mass is 10.2. The quantitative estimate of drug-likeness (QED) is 0.846. The molecule has 5 heteroatoms. The molecule has 1 aromatic heterocycles. The Morgan fingerprint density at radius 1 is 1.20 bits per heavy atom. The second kappa shape index (κ2) is 5.40. The van der Waals surface area contributed by atoms with E-state index in [-0.39, 0.29) is 11.3 Å². The minimum atomic E-state index is -0.0221. The summed E-state index contributed by atoms with van der Waals surface area (Å²) in [6.45, 7) is 1.99. The Balaban J connectivity index is 1.97. The van der Waals surface area contributed by atoms with Gasteiger partial charge in [-0.05, 0) is 31.0 Å². The van der Waals surface area contributed by atoms with Crippen molar-refractivity contribution in [3.05, 3.63) is 45.2 Å². The smallest absolute Gasteiger partial charge is 0.242 e. The highest BCUT2D eigenvalue weighted by atomic mass is 79.9. The van der Waals surface area contributed by atoms with Crippen LogP contribution in [0.25, 0.3) is 10.9 Å². The topological polar surface area (TPSA) is 42.3 Å². The average Bonchev–Trinajstić information content (AvgIpc) is 2.96. The zero-order valence-electron chi connectivity index (χ0n) is 11.0. The molecule has 0 radical (unpaired) electrons. The molecule has 4 nitrogen and oxygen atoms in total. The fraction of sp³-hybridized carbons (Fsp3) is 0.333. The third-order valence-corrected chi connectivity index (χ3v) is 4.20. The molecule has 1 fully saturated rings. The molecule has 2 heterocycles. The summed E-state index contributed by atoms with van der Waals surface area (Å²) >= 11 is 3.37. The molecule has 1 aliphatic heterocycles. The molecule has 20 heavy (non-hydrogen) atoms. The van der Waals surface area contributed by atoms with E-state index in [9.17, 15) is 9.59 Å². The van der Waals surface area contributed by atoms with Gasteiger partial charge in [0.15, 0.2) is 5.43 Å². The summed E-state index contributed by atoms with van der Waals surface area (Å²) in [6, 6.07) is 7.08.